The molecule has 1 saturated heterocycles. The van der Waals surface area contributed by atoms with Gasteiger partial charge in [0.1, 0.15) is 0 Å². The summed E-state index contributed by atoms with van der Waals surface area (Å²) in [6, 6.07) is -0.198. The molecule has 0 saturated carbocycles. The molecule has 1 aliphatic heterocycles. The molecule has 2 N–H and O–H groups in total. The molecule has 0 aromatic carbocycles. The SMILES string of the molecule is CC(C)C(CNC(=O)N(C)CCN1CCCC1)C(=O)O. The second-order valence-electron chi connectivity index (χ2n) is 5.85. The van der Waals surface area contributed by atoms with Crippen molar-refractivity contribution in [2.75, 3.05) is 39.8 Å². The van der Waals surface area contributed by atoms with Crippen LogP contribution in [-0.2, 0) is 4.79 Å². The third-order valence-electron chi connectivity index (χ3n) is 3.89. The monoisotopic (exact) mass is 285 g/mol. The number of rotatable bonds is 7. The number of nitrogens with zero attached hydrogens (tertiary/aromatic N) is 2. The van der Waals surface area contributed by atoms with Crippen LogP contribution in [0.4, 0.5) is 4.79 Å². The van der Waals surface area contributed by atoms with Crippen molar-refractivity contribution in [2.45, 2.75) is 26.7 Å². The smallest absolute Gasteiger partial charge is 0.317 e. The summed E-state index contributed by atoms with van der Waals surface area (Å²) in [6.45, 7) is 7.67. The van der Waals surface area contributed by atoms with Crippen molar-refractivity contribution in [2.24, 2.45) is 11.8 Å². The Morgan fingerprint density at radius 3 is 2.40 bits per heavy atom. The van der Waals surface area contributed by atoms with E-state index in [1.807, 2.05) is 13.8 Å². The van der Waals surface area contributed by atoms with Gasteiger partial charge in [-0.3, -0.25) is 4.79 Å². The zero-order chi connectivity index (χ0) is 15.1. The maximum absolute atomic E-state index is 11.9. The quantitative estimate of drug-likeness (QED) is 0.734. The Morgan fingerprint density at radius 2 is 1.90 bits per heavy atom. The number of urea groups is 1. The molecule has 20 heavy (non-hydrogen) atoms. The fraction of sp³-hybridized carbons (Fsp3) is 0.857. The zero-order valence-electron chi connectivity index (χ0n) is 12.8. The van der Waals surface area contributed by atoms with Crippen molar-refractivity contribution in [3.05, 3.63) is 0 Å². The number of nitrogens with one attached hydrogen (secondary N) is 1. The molecule has 0 aromatic rings. The predicted molar refractivity (Wildman–Crippen MR) is 77.7 cm³/mol. The van der Waals surface area contributed by atoms with Gasteiger partial charge in [0.2, 0.25) is 0 Å². The van der Waals surface area contributed by atoms with Crippen LogP contribution in [0.2, 0.25) is 0 Å². The number of aliphatic carboxylic acids is 1. The lowest BCUT2D eigenvalue weighted by Gasteiger charge is -2.23. The second kappa shape index (κ2) is 8.09. The number of carbonyl (C=O) groups is 2. The highest BCUT2D eigenvalue weighted by Gasteiger charge is 2.22. The summed E-state index contributed by atoms with van der Waals surface area (Å²) in [5.74, 6) is -1.39. The lowest BCUT2D eigenvalue weighted by Crippen LogP contribution is -2.44. The van der Waals surface area contributed by atoms with E-state index in [1.165, 1.54) is 12.8 Å². The molecule has 1 aliphatic rings. The minimum atomic E-state index is -0.861. The van der Waals surface area contributed by atoms with Gasteiger partial charge in [0.15, 0.2) is 0 Å². The first-order chi connectivity index (χ1) is 9.41. The summed E-state index contributed by atoms with van der Waals surface area (Å²) < 4.78 is 0. The summed E-state index contributed by atoms with van der Waals surface area (Å²) in [6.07, 6.45) is 2.48. The van der Waals surface area contributed by atoms with E-state index in [9.17, 15) is 9.59 Å². The Bertz CT molecular complexity index is 328. The van der Waals surface area contributed by atoms with Gasteiger partial charge in [-0.15, -0.1) is 0 Å². The van der Waals surface area contributed by atoms with Gasteiger partial charge in [0.05, 0.1) is 5.92 Å². The molecule has 0 bridgehead atoms. The van der Waals surface area contributed by atoms with Crippen molar-refractivity contribution < 1.29 is 14.7 Å². The molecule has 0 radical (unpaired) electrons. The molecule has 6 nitrogen and oxygen atoms in total. The van der Waals surface area contributed by atoms with Crippen molar-refractivity contribution >= 4 is 12.0 Å². The minimum absolute atomic E-state index is 0.00251. The van der Waals surface area contributed by atoms with Crippen LogP contribution in [0, 0.1) is 11.8 Å². The van der Waals surface area contributed by atoms with Gasteiger partial charge in [0.25, 0.3) is 0 Å². The van der Waals surface area contributed by atoms with Crippen LogP contribution in [0.25, 0.3) is 0 Å². The molecule has 0 aromatic heterocycles. The Labute approximate surface area is 121 Å². The normalized spacial score (nSPS) is 17.2. The van der Waals surface area contributed by atoms with Crippen LogP contribution in [0.1, 0.15) is 26.7 Å². The van der Waals surface area contributed by atoms with Crippen LogP contribution in [0.3, 0.4) is 0 Å². The highest BCUT2D eigenvalue weighted by Crippen LogP contribution is 2.10. The number of likely N-dealkylation sites (N-methyl/N-ethyl adjacent to an activating group) is 1. The van der Waals surface area contributed by atoms with E-state index >= 15 is 0 Å². The van der Waals surface area contributed by atoms with Gasteiger partial charge in [-0.1, -0.05) is 13.8 Å². The molecule has 1 unspecified atom stereocenters. The van der Waals surface area contributed by atoms with Crippen LogP contribution in [0.5, 0.6) is 0 Å². The Balaban J connectivity index is 2.27. The first kappa shape index (κ1) is 16.8. The van der Waals surface area contributed by atoms with Gasteiger partial charge >= 0.3 is 12.0 Å². The Morgan fingerprint density at radius 1 is 1.30 bits per heavy atom. The Kier molecular flexibility index (Phi) is 6.78. The van der Waals surface area contributed by atoms with Crippen LogP contribution >= 0.6 is 0 Å². The van der Waals surface area contributed by atoms with Gasteiger partial charge in [-0.2, -0.15) is 0 Å². The zero-order valence-corrected chi connectivity index (χ0v) is 12.8. The van der Waals surface area contributed by atoms with E-state index in [2.05, 4.69) is 10.2 Å². The number of carboxylic acids is 1. The summed E-state index contributed by atoms with van der Waals surface area (Å²) in [5, 5.41) is 11.8. The summed E-state index contributed by atoms with van der Waals surface area (Å²) in [7, 11) is 1.75. The number of amides is 2. The van der Waals surface area contributed by atoms with E-state index in [1.54, 1.807) is 11.9 Å². The molecule has 6 heteroatoms. The van der Waals surface area contributed by atoms with Gasteiger partial charge < -0.3 is 20.2 Å². The number of hydrogen-bond donors (Lipinski definition) is 2. The molecule has 2 amide bonds. The van der Waals surface area contributed by atoms with Gasteiger partial charge in [-0.05, 0) is 31.8 Å². The van der Waals surface area contributed by atoms with E-state index in [4.69, 9.17) is 5.11 Å². The fourth-order valence-corrected chi connectivity index (χ4v) is 2.34. The minimum Gasteiger partial charge on any atom is -0.481 e. The molecule has 0 spiro atoms. The number of carbonyl (C=O) groups excluding carboxylic acids is 1. The van der Waals surface area contributed by atoms with Crippen LogP contribution < -0.4 is 5.32 Å². The summed E-state index contributed by atoms with van der Waals surface area (Å²) >= 11 is 0. The third-order valence-corrected chi connectivity index (χ3v) is 3.89. The number of carboxylic acid groups (broad SMARTS) is 1. The standard InChI is InChI=1S/C14H27N3O3/c1-11(2)12(13(18)19)10-15-14(20)16(3)8-9-17-6-4-5-7-17/h11-12H,4-10H2,1-3H3,(H,15,20)(H,18,19). The molecule has 1 atom stereocenters. The second-order valence-corrected chi connectivity index (χ2v) is 5.85. The van der Waals surface area contributed by atoms with E-state index in [0.29, 0.717) is 6.54 Å². The molecule has 1 fully saturated rings. The highest BCUT2D eigenvalue weighted by molar-refractivity contribution is 5.75. The summed E-state index contributed by atoms with van der Waals surface area (Å²) in [5.41, 5.74) is 0. The average Bonchev–Trinajstić information content (AvgIpc) is 2.88. The summed E-state index contributed by atoms with van der Waals surface area (Å²) in [4.78, 5) is 26.9. The largest absolute Gasteiger partial charge is 0.481 e. The fourth-order valence-electron chi connectivity index (χ4n) is 2.34. The average molecular weight is 285 g/mol. The van der Waals surface area contributed by atoms with Crippen LogP contribution in [-0.4, -0.2) is 66.7 Å². The van der Waals surface area contributed by atoms with Crippen molar-refractivity contribution in [1.82, 2.24) is 15.1 Å². The number of likely N-dealkylation sites (tertiary alicyclic amines) is 1. The van der Waals surface area contributed by atoms with Crippen molar-refractivity contribution in [3.63, 3.8) is 0 Å². The molecular formula is C14H27N3O3. The maximum Gasteiger partial charge on any atom is 0.317 e. The molecular weight excluding hydrogens is 258 g/mol. The molecule has 116 valence electrons. The first-order valence-electron chi connectivity index (χ1n) is 7.36. The number of hydrogen-bond acceptors (Lipinski definition) is 3. The van der Waals surface area contributed by atoms with Gasteiger partial charge in [-0.25, -0.2) is 4.79 Å². The lowest BCUT2D eigenvalue weighted by atomic mass is 9.96. The van der Waals surface area contributed by atoms with Crippen molar-refractivity contribution in [1.29, 1.82) is 0 Å². The molecule has 0 aliphatic carbocycles. The molecule has 1 rings (SSSR count). The van der Waals surface area contributed by atoms with Gasteiger partial charge in [0, 0.05) is 26.7 Å². The lowest BCUT2D eigenvalue weighted by molar-refractivity contribution is -0.142. The molecule has 1 heterocycles. The highest BCUT2D eigenvalue weighted by atomic mass is 16.4. The predicted octanol–water partition coefficient (Wildman–Crippen LogP) is 1.08. The van der Waals surface area contributed by atoms with E-state index in [-0.39, 0.29) is 18.5 Å². The maximum atomic E-state index is 11.9. The van der Waals surface area contributed by atoms with E-state index < -0.39 is 11.9 Å². The topological polar surface area (TPSA) is 72.9 Å². The van der Waals surface area contributed by atoms with Crippen LogP contribution in [0.15, 0.2) is 0 Å². The van der Waals surface area contributed by atoms with Crippen molar-refractivity contribution in [3.8, 4) is 0 Å². The van der Waals surface area contributed by atoms with E-state index in [0.717, 1.165) is 19.6 Å². The third kappa shape index (κ3) is 5.36. The first-order valence-corrected chi connectivity index (χ1v) is 7.36. The Hall–Kier alpha value is -1.30.